The maximum absolute atomic E-state index is 12.8. The quantitative estimate of drug-likeness (QED) is 0.542. The van der Waals surface area contributed by atoms with Gasteiger partial charge < -0.3 is 4.90 Å². The molecular weight excluding hydrogens is 406 g/mol. The number of benzene rings is 2. The third-order valence-electron chi connectivity index (χ3n) is 4.57. The lowest BCUT2D eigenvalue weighted by molar-refractivity contribution is -0.387. The molecule has 0 radical (unpaired) electrons. The molecule has 10 heteroatoms. The SMILES string of the molecule is O=C(Cc1ccccc1Cl)N1CCN(S(=O)(=O)c2ccccc2[N+](=O)[O-])CC1. The first-order valence-corrected chi connectivity index (χ1v) is 10.4. The van der Waals surface area contributed by atoms with Gasteiger partial charge in [-0.15, -0.1) is 0 Å². The number of carbonyl (C=O) groups is 1. The Morgan fingerprint density at radius 2 is 1.64 bits per heavy atom. The van der Waals surface area contributed by atoms with Crippen LogP contribution in [0.1, 0.15) is 5.56 Å². The minimum absolute atomic E-state index is 0.0721. The molecule has 148 valence electrons. The molecule has 1 fully saturated rings. The van der Waals surface area contributed by atoms with E-state index >= 15 is 0 Å². The van der Waals surface area contributed by atoms with Gasteiger partial charge in [0.05, 0.1) is 11.3 Å². The average Bonchev–Trinajstić information content (AvgIpc) is 2.69. The number of hydrogen-bond acceptors (Lipinski definition) is 5. The molecule has 0 unspecified atom stereocenters. The summed E-state index contributed by atoms with van der Waals surface area (Å²) in [5.41, 5.74) is 0.254. The topological polar surface area (TPSA) is 101 Å². The fraction of sp³-hybridized carbons (Fsp3) is 0.278. The van der Waals surface area contributed by atoms with Gasteiger partial charge in [-0.05, 0) is 17.7 Å². The average molecular weight is 424 g/mol. The lowest BCUT2D eigenvalue weighted by atomic mass is 10.1. The lowest BCUT2D eigenvalue weighted by Gasteiger charge is -2.34. The number of nitrogens with zero attached hydrogens (tertiary/aromatic N) is 3. The van der Waals surface area contributed by atoms with Gasteiger partial charge >= 0.3 is 0 Å². The molecule has 0 aromatic heterocycles. The second kappa shape index (κ2) is 8.26. The number of hydrogen-bond donors (Lipinski definition) is 0. The minimum atomic E-state index is -4.02. The van der Waals surface area contributed by atoms with Crippen molar-refractivity contribution < 1.29 is 18.1 Å². The first kappa shape index (κ1) is 20.2. The van der Waals surface area contributed by atoms with E-state index in [9.17, 15) is 23.3 Å². The van der Waals surface area contributed by atoms with Crippen molar-refractivity contribution in [1.29, 1.82) is 0 Å². The van der Waals surface area contributed by atoms with Crippen LogP contribution in [0.25, 0.3) is 0 Å². The van der Waals surface area contributed by atoms with E-state index in [-0.39, 0.29) is 43.4 Å². The van der Waals surface area contributed by atoms with Crippen molar-refractivity contribution in [3.63, 3.8) is 0 Å². The van der Waals surface area contributed by atoms with Crippen LogP contribution in [-0.4, -0.2) is 54.6 Å². The molecule has 0 aliphatic carbocycles. The molecule has 0 spiro atoms. The number of sulfonamides is 1. The van der Waals surface area contributed by atoms with Crippen molar-refractivity contribution in [1.82, 2.24) is 9.21 Å². The molecule has 3 rings (SSSR count). The summed E-state index contributed by atoms with van der Waals surface area (Å²) in [4.78, 5) is 24.2. The van der Waals surface area contributed by atoms with Crippen LogP contribution < -0.4 is 0 Å². The van der Waals surface area contributed by atoms with Gasteiger partial charge in [0.1, 0.15) is 0 Å². The van der Waals surface area contributed by atoms with Gasteiger partial charge in [-0.25, -0.2) is 8.42 Å². The molecule has 0 N–H and O–H groups in total. The van der Waals surface area contributed by atoms with E-state index in [4.69, 9.17) is 11.6 Å². The van der Waals surface area contributed by atoms with Crippen LogP contribution in [0.15, 0.2) is 53.4 Å². The predicted octanol–water partition coefficient (Wildman–Crippen LogP) is 2.32. The van der Waals surface area contributed by atoms with Crippen molar-refractivity contribution in [2.24, 2.45) is 0 Å². The van der Waals surface area contributed by atoms with Gasteiger partial charge in [0, 0.05) is 37.3 Å². The summed E-state index contributed by atoms with van der Waals surface area (Å²) in [5.74, 6) is -0.143. The van der Waals surface area contributed by atoms with E-state index in [0.29, 0.717) is 10.6 Å². The Labute approximate surface area is 167 Å². The minimum Gasteiger partial charge on any atom is -0.340 e. The monoisotopic (exact) mass is 423 g/mol. The highest BCUT2D eigenvalue weighted by molar-refractivity contribution is 7.89. The molecule has 1 heterocycles. The highest BCUT2D eigenvalue weighted by atomic mass is 35.5. The van der Waals surface area contributed by atoms with Gasteiger partial charge in [-0.1, -0.05) is 41.9 Å². The van der Waals surface area contributed by atoms with E-state index in [1.54, 1.807) is 29.2 Å². The Hall–Kier alpha value is -2.49. The Bertz CT molecular complexity index is 1000. The molecule has 0 atom stereocenters. The number of halogens is 1. The first-order chi connectivity index (χ1) is 13.3. The second-order valence-electron chi connectivity index (χ2n) is 6.28. The number of piperazine rings is 1. The van der Waals surface area contributed by atoms with Crippen LogP contribution in [-0.2, 0) is 21.2 Å². The molecule has 1 aliphatic rings. The number of amides is 1. The zero-order valence-corrected chi connectivity index (χ0v) is 16.4. The molecule has 28 heavy (non-hydrogen) atoms. The van der Waals surface area contributed by atoms with E-state index < -0.39 is 20.6 Å². The Morgan fingerprint density at radius 1 is 1.04 bits per heavy atom. The molecule has 2 aromatic rings. The first-order valence-electron chi connectivity index (χ1n) is 8.55. The summed E-state index contributed by atoms with van der Waals surface area (Å²) in [5, 5.41) is 11.7. The van der Waals surface area contributed by atoms with E-state index in [1.807, 2.05) is 0 Å². The summed E-state index contributed by atoms with van der Waals surface area (Å²) in [6.45, 7) is 0.567. The molecule has 8 nitrogen and oxygen atoms in total. The third kappa shape index (κ3) is 4.16. The molecule has 0 bridgehead atoms. The summed E-state index contributed by atoms with van der Waals surface area (Å²) in [6, 6.07) is 12.3. The van der Waals surface area contributed by atoms with Crippen molar-refractivity contribution in [2.75, 3.05) is 26.2 Å². The number of carbonyl (C=O) groups excluding carboxylic acids is 1. The smallest absolute Gasteiger partial charge is 0.289 e. The number of nitro groups is 1. The largest absolute Gasteiger partial charge is 0.340 e. The Kier molecular flexibility index (Phi) is 5.97. The third-order valence-corrected chi connectivity index (χ3v) is 6.89. The van der Waals surface area contributed by atoms with Crippen molar-refractivity contribution in [2.45, 2.75) is 11.3 Å². The normalized spacial score (nSPS) is 15.4. The number of para-hydroxylation sites is 1. The summed E-state index contributed by atoms with van der Waals surface area (Å²) < 4.78 is 26.8. The Balaban J connectivity index is 1.69. The zero-order valence-electron chi connectivity index (χ0n) is 14.8. The standard InChI is InChI=1S/C18H18ClN3O5S/c19-15-6-2-1-5-14(15)13-18(23)20-9-11-21(12-10-20)28(26,27)17-8-4-3-7-16(17)22(24)25/h1-8H,9-13H2. The zero-order chi connectivity index (χ0) is 20.3. The van der Waals surface area contributed by atoms with Crippen LogP contribution in [0.2, 0.25) is 5.02 Å². The lowest BCUT2D eigenvalue weighted by Crippen LogP contribution is -2.50. The summed E-state index contributed by atoms with van der Waals surface area (Å²) in [7, 11) is -4.02. The van der Waals surface area contributed by atoms with Crippen molar-refractivity contribution in [3.05, 3.63) is 69.2 Å². The van der Waals surface area contributed by atoms with Gasteiger partial charge in [0.25, 0.3) is 5.69 Å². The number of rotatable bonds is 5. The fourth-order valence-electron chi connectivity index (χ4n) is 3.06. The molecular formula is C18H18ClN3O5S. The number of nitro benzene ring substituents is 1. The second-order valence-corrected chi connectivity index (χ2v) is 8.59. The molecule has 1 aliphatic heterocycles. The predicted molar refractivity (Wildman–Crippen MR) is 104 cm³/mol. The van der Waals surface area contributed by atoms with Crippen LogP contribution >= 0.6 is 11.6 Å². The fourth-order valence-corrected chi connectivity index (χ4v) is 4.84. The van der Waals surface area contributed by atoms with Gasteiger partial charge in [0.2, 0.25) is 15.9 Å². The van der Waals surface area contributed by atoms with Crippen molar-refractivity contribution >= 4 is 33.2 Å². The van der Waals surface area contributed by atoms with Gasteiger partial charge in [-0.3, -0.25) is 14.9 Å². The van der Waals surface area contributed by atoms with E-state index in [1.165, 1.54) is 22.5 Å². The van der Waals surface area contributed by atoms with Crippen LogP contribution in [0.4, 0.5) is 5.69 Å². The highest BCUT2D eigenvalue weighted by Gasteiger charge is 2.34. The van der Waals surface area contributed by atoms with E-state index in [2.05, 4.69) is 0 Å². The summed E-state index contributed by atoms with van der Waals surface area (Å²) >= 11 is 6.09. The highest BCUT2D eigenvalue weighted by Crippen LogP contribution is 2.27. The van der Waals surface area contributed by atoms with Crippen molar-refractivity contribution in [3.8, 4) is 0 Å². The van der Waals surface area contributed by atoms with Crippen LogP contribution in [0.3, 0.4) is 0 Å². The van der Waals surface area contributed by atoms with Crippen LogP contribution in [0, 0.1) is 10.1 Å². The molecule has 2 aromatic carbocycles. The molecule has 1 amide bonds. The van der Waals surface area contributed by atoms with Gasteiger partial charge in [-0.2, -0.15) is 4.31 Å². The Morgan fingerprint density at radius 3 is 2.29 bits per heavy atom. The molecule has 0 saturated carbocycles. The maximum Gasteiger partial charge on any atom is 0.289 e. The van der Waals surface area contributed by atoms with Gasteiger partial charge in [0.15, 0.2) is 4.90 Å². The van der Waals surface area contributed by atoms with Crippen LogP contribution in [0.5, 0.6) is 0 Å². The maximum atomic E-state index is 12.8. The van der Waals surface area contributed by atoms with E-state index in [0.717, 1.165) is 6.07 Å². The summed E-state index contributed by atoms with van der Waals surface area (Å²) in [6.07, 6.45) is 0.135. The molecule has 1 saturated heterocycles.